The highest BCUT2D eigenvalue weighted by Crippen LogP contribution is 2.39. The van der Waals surface area contributed by atoms with Crippen LogP contribution in [0.5, 0.6) is 5.75 Å². The predicted octanol–water partition coefficient (Wildman–Crippen LogP) is 7.34. The third kappa shape index (κ3) is 6.88. The van der Waals surface area contributed by atoms with Gasteiger partial charge in [-0.25, -0.2) is 4.98 Å². The van der Waals surface area contributed by atoms with Crippen LogP contribution < -0.4 is 10.1 Å². The number of anilines is 2. The number of carbonyl (C=O) groups is 1. The molecule has 0 radical (unpaired) electrons. The summed E-state index contributed by atoms with van der Waals surface area (Å²) in [7, 11) is 0. The van der Waals surface area contributed by atoms with Crippen molar-refractivity contribution in [2.24, 2.45) is 0 Å². The molecule has 0 aliphatic rings. The number of carbonyl (C=O) groups excluding carboxylic acids is 1. The second kappa shape index (κ2) is 11.6. The fraction of sp³-hybridized carbons (Fsp3) is 0.280. The van der Waals surface area contributed by atoms with Gasteiger partial charge in [0.25, 0.3) is 0 Å². The maximum absolute atomic E-state index is 13.7. The fourth-order valence-corrected chi connectivity index (χ4v) is 5.13. The van der Waals surface area contributed by atoms with Crippen LogP contribution in [0.2, 0.25) is 0 Å². The van der Waals surface area contributed by atoms with Gasteiger partial charge < -0.3 is 19.2 Å². The monoisotopic (exact) mass is 536 g/mol. The number of thiophene rings is 1. The lowest BCUT2D eigenvalue weighted by Crippen LogP contribution is -2.10. The van der Waals surface area contributed by atoms with E-state index in [4.69, 9.17) is 13.9 Å². The van der Waals surface area contributed by atoms with E-state index in [0.717, 1.165) is 21.6 Å². The first-order valence-corrected chi connectivity index (χ1v) is 12.8. The van der Waals surface area contributed by atoms with Crippen LogP contribution in [0.25, 0.3) is 10.6 Å². The number of furan rings is 1. The SMILES string of the molecule is CCOC(=O)Cc1ccc(-c2csc(Nc3ccc(OCCCc4ccco4)c(C(F)(F)F)c3)n2)s1. The molecule has 0 aliphatic carbocycles. The Morgan fingerprint density at radius 3 is 2.81 bits per heavy atom. The van der Waals surface area contributed by atoms with Crippen molar-refractivity contribution in [2.75, 3.05) is 18.5 Å². The van der Waals surface area contributed by atoms with Crippen molar-refractivity contribution in [3.8, 4) is 16.3 Å². The number of alkyl halides is 3. The van der Waals surface area contributed by atoms with Gasteiger partial charge in [-0.15, -0.1) is 22.7 Å². The molecule has 4 rings (SSSR count). The second-order valence-corrected chi connectivity index (χ2v) is 9.68. The molecule has 36 heavy (non-hydrogen) atoms. The minimum atomic E-state index is -4.58. The van der Waals surface area contributed by atoms with Crippen LogP contribution in [0.4, 0.5) is 24.0 Å². The number of nitrogens with one attached hydrogen (secondary N) is 1. The van der Waals surface area contributed by atoms with Crippen LogP contribution in [-0.2, 0) is 28.5 Å². The van der Waals surface area contributed by atoms with Crippen molar-refractivity contribution in [3.63, 3.8) is 0 Å². The second-order valence-electron chi connectivity index (χ2n) is 7.65. The Kier molecular flexibility index (Phi) is 8.32. The summed E-state index contributed by atoms with van der Waals surface area (Å²) in [6, 6.07) is 11.1. The summed E-state index contributed by atoms with van der Waals surface area (Å²) >= 11 is 2.70. The molecule has 0 saturated heterocycles. The summed E-state index contributed by atoms with van der Waals surface area (Å²) in [5.74, 6) is 0.242. The molecule has 3 heterocycles. The summed E-state index contributed by atoms with van der Waals surface area (Å²) in [4.78, 5) is 17.9. The Bertz CT molecular complexity index is 1280. The number of esters is 1. The maximum Gasteiger partial charge on any atom is 0.420 e. The van der Waals surface area contributed by atoms with E-state index in [9.17, 15) is 18.0 Å². The normalized spacial score (nSPS) is 11.4. The van der Waals surface area contributed by atoms with Crippen LogP contribution in [-0.4, -0.2) is 24.2 Å². The van der Waals surface area contributed by atoms with Crippen LogP contribution in [0.3, 0.4) is 0 Å². The van der Waals surface area contributed by atoms with E-state index in [-0.39, 0.29) is 30.4 Å². The Labute approximate surface area is 213 Å². The van der Waals surface area contributed by atoms with Gasteiger partial charge in [0, 0.05) is 22.4 Å². The third-order valence-electron chi connectivity index (χ3n) is 4.98. The van der Waals surface area contributed by atoms with Gasteiger partial charge in [0.1, 0.15) is 11.5 Å². The quantitative estimate of drug-likeness (QED) is 0.160. The lowest BCUT2D eigenvalue weighted by atomic mass is 10.1. The number of halogens is 3. The third-order valence-corrected chi connectivity index (χ3v) is 6.85. The zero-order valence-corrected chi connectivity index (χ0v) is 20.9. The molecule has 4 aromatic rings. The molecular formula is C25H23F3N2O4S2. The largest absolute Gasteiger partial charge is 0.493 e. The van der Waals surface area contributed by atoms with E-state index in [0.29, 0.717) is 30.3 Å². The summed E-state index contributed by atoms with van der Waals surface area (Å²) in [6.07, 6.45) is -1.73. The number of thiazole rings is 1. The molecule has 11 heteroatoms. The Balaban J connectivity index is 1.40. The molecule has 0 spiro atoms. The maximum atomic E-state index is 13.7. The molecule has 6 nitrogen and oxygen atoms in total. The molecule has 0 amide bonds. The molecular weight excluding hydrogens is 513 g/mol. The topological polar surface area (TPSA) is 73.6 Å². The van der Waals surface area contributed by atoms with Gasteiger partial charge in [-0.05, 0) is 55.8 Å². The molecule has 0 atom stereocenters. The number of benzene rings is 1. The van der Waals surface area contributed by atoms with Gasteiger partial charge in [0.15, 0.2) is 5.13 Å². The zero-order valence-electron chi connectivity index (χ0n) is 19.3. The molecule has 1 aromatic carbocycles. The smallest absolute Gasteiger partial charge is 0.420 e. The van der Waals surface area contributed by atoms with E-state index in [1.54, 1.807) is 19.3 Å². The van der Waals surface area contributed by atoms with Gasteiger partial charge >= 0.3 is 12.1 Å². The van der Waals surface area contributed by atoms with Gasteiger partial charge in [0.2, 0.25) is 0 Å². The predicted molar refractivity (Wildman–Crippen MR) is 133 cm³/mol. The first kappa shape index (κ1) is 25.8. The summed E-state index contributed by atoms with van der Waals surface area (Å²) in [5.41, 5.74) is 0.0691. The zero-order chi connectivity index (χ0) is 25.5. The minimum Gasteiger partial charge on any atom is -0.493 e. The highest BCUT2D eigenvalue weighted by Gasteiger charge is 2.35. The van der Waals surface area contributed by atoms with Crippen molar-refractivity contribution in [3.05, 3.63) is 70.3 Å². The first-order chi connectivity index (χ1) is 17.3. The Morgan fingerprint density at radius 1 is 1.19 bits per heavy atom. The van der Waals surface area contributed by atoms with Crippen LogP contribution >= 0.6 is 22.7 Å². The molecule has 0 bridgehead atoms. The fourth-order valence-electron chi connectivity index (χ4n) is 3.37. The van der Waals surface area contributed by atoms with Crippen LogP contribution in [0.15, 0.2) is 58.5 Å². The highest BCUT2D eigenvalue weighted by atomic mass is 32.1. The number of hydrogen-bond acceptors (Lipinski definition) is 8. The van der Waals surface area contributed by atoms with Crippen molar-refractivity contribution in [1.29, 1.82) is 0 Å². The molecule has 1 N–H and O–H groups in total. The molecule has 190 valence electrons. The number of aryl methyl sites for hydroxylation is 1. The minimum absolute atomic E-state index is 0.130. The van der Waals surface area contributed by atoms with Crippen molar-refractivity contribution >= 4 is 39.5 Å². The van der Waals surface area contributed by atoms with E-state index in [1.807, 2.05) is 23.6 Å². The molecule has 0 aliphatic heterocycles. The summed E-state index contributed by atoms with van der Waals surface area (Å²) in [6.45, 7) is 2.21. The average molecular weight is 537 g/mol. The van der Waals surface area contributed by atoms with E-state index in [2.05, 4.69) is 10.3 Å². The number of hydrogen-bond donors (Lipinski definition) is 1. The van der Waals surface area contributed by atoms with Gasteiger partial charge in [-0.3, -0.25) is 4.79 Å². The molecule has 0 unspecified atom stereocenters. The van der Waals surface area contributed by atoms with Gasteiger partial charge in [-0.2, -0.15) is 13.2 Å². The Morgan fingerprint density at radius 2 is 2.06 bits per heavy atom. The Hall–Kier alpha value is -3.31. The molecule has 3 aromatic heterocycles. The molecule has 0 saturated carbocycles. The standard InChI is InChI=1S/C25H23F3N2O4S2/c1-2-32-23(31)14-18-8-10-22(36-18)20-15-35-24(30-20)29-16-7-9-21(19(13-16)25(26,27)28)34-12-4-6-17-5-3-11-33-17/h3,5,7-11,13,15H,2,4,6,12,14H2,1H3,(H,29,30). The lowest BCUT2D eigenvalue weighted by molar-refractivity contribution is -0.142. The lowest BCUT2D eigenvalue weighted by Gasteiger charge is -2.15. The first-order valence-electron chi connectivity index (χ1n) is 11.2. The number of rotatable bonds is 11. The van der Waals surface area contributed by atoms with Crippen LogP contribution in [0, 0.1) is 0 Å². The van der Waals surface area contributed by atoms with Crippen molar-refractivity contribution in [1.82, 2.24) is 4.98 Å². The van der Waals surface area contributed by atoms with E-state index >= 15 is 0 Å². The number of ether oxygens (including phenoxy) is 2. The van der Waals surface area contributed by atoms with E-state index in [1.165, 1.54) is 34.8 Å². The molecule has 0 fully saturated rings. The van der Waals surface area contributed by atoms with E-state index < -0.39 is 11.7 Å². The van der Waals surface area contributed by atoms with Crippen molar-refractivity contribution < 1.29 is 31.9 Å². The average Bonchev–Trinajstić information content (AvgIpc) is 3.59. The van der Waals surface area contributed by atoms with Crippen LogP contribution in [0.1, 0.15) is 29.5 Å². The summed E-state index contributed by atoms with van der Waals surface area (Å²) < 4.78 is 56.7. The number of nitrogens with zero attached hydrogens (tertiary/aromatic N) is 1. The van der Waals surface area contributed by atoms with Gasteiger partial charge in [-0.1, -0.05) is 0 Å². The van der Waals surface area contributed by atoms with Gasteiger partial charge in [0.05, 0.1) is 42.0 Å². The number of aromatic nitrogens is 1. The van der Waals surface area contributed by atoms with Crippen molar-refractivity contribution in [2.45, 2.75) is 32.4 Å². The highest BCUT2D eigenvalue weighted by molar-refractivity contribution is 7.17. The summed E-state index contributed by atoms with van der Waals surface area (Å²) in [5, 5.41) is 5.20.